The Morgan fingerprint density at radius 3 is 2.14 bits per heavy atom. The number of fused-ring (bicyclic) bond motifs is 1. The summed E-state index contributed by atoms with van der Waals surface area (Å²) in [5.74, 6) is -2.88. The number of nitrogens with one attached hydrogen (secondary N) is 3. The number of hydrogen-bond acceptors (Lipinski definition) is 20. The Bertz CT molecular complexity index is 3160. The van der Waals surface area contributed by atoms with Crippen LogP contribution in [0.25, 0.3) is 0 Å². The Balaban J connectivity index is 0.932. The van der Waals surface area contributed by atoms with E-state index in [0.29, 0.717) is 21.5 Å². The third-order valence-corrected chi connectivity index (χ3v) is 16.2. The first-order valence-electron chi connectivity index (χ1n) is 24.7. The van der Waals surface area contributed by atoms with Gasteiger partial charge in [0, 0.05) is 36.9 Å². The van der Waals surface area contributed by atoms with Crippen molar-refractivity contribution in [3.05, 3.63) is 98.5 Å². The molecule has 3 aliphatic rings. The van der Waals surface area contributed by atoms with Crippen molar-refractivity contribution >= 4 is 100 Å². The van der Waals surface area contributed by atoms with Crippen molar-refractivity contribution in [3.63, 3.8) is 0 Å². The van der Waals surface area contributed by atoms with E-state index in [9.17, 15) is 42.0 Å². The highest BCUT2D eigenvalue weighted by atomic mass is 35.5. The van der Waals surface area contributed by atoms with Crippen LogP contribution in [-0.4, -0.2) is 145 Å². The van der Waals surface area contributed by atoms with Crippen LogP contribution in [0, 0.1) is 12.8 Å². The summed E-state index contributed by atoms with van der Waals surface area (Å²) in [6.07, 6.45) is -0.543. The summed E-state index contributed by atoms with van der Waals surface area (Å²) in [5, 5.41) is 8.29. The van der Waals surface area contributed by atoms with Crippen LogP contribution in [0.1, 0.15) is 86.1 Å². The summed E-state index contributed by atoms with van der Waals surface area (Å²) in [5.41, 5.74) is -0.914. The summed E-state index contributed by atoms with van der Waals surface area (Å²) in [6, 6.07) is 15.2. The molecule has 3 fully saturated rings. The number of methoxy groups -OCH3 is 2. The lowest BCUT2D eigenvalue weighted by atomic mass is 9.90. The Labute approximate surface area is 476 Å². The van der Waals surface area contributed by atoms with Gasteiger partial charge in [-0.1, -0.05) is 52.8 Å². The molecule has 80 heavy (non-hydrogen) atoms. The van der Waals surface area contributed by atoms with E-state index in [2.05, 4.69) is 20.1 Å². The Morgan fingerprint density at radius 1 is 0.912 bits per heavy atom. The molecular weight excluding hydrogens is 1120 g/mol. The number of β-lactam (4-membered cyclic amide) rings is 1. The van der Waals surface area contributed by atoms with Crippen molar-refractivity contribution in [1.82, 2.24) is 34.7 Å². The van der Waals surface area contributed by atoms with Gasteiger partial charge in [-0.2, -0.15) is 8.42 Å². The summed E-state index contributed by atoms with van der Waals surface area (Å²) >= 11 is 8.85. The third-order valence-electron chi connectivity index (χ3n) is 12.4. The molecule has 0 saturated carbocycles. The first kappa shape index (κ1) is 60.5. The Morgan fingerprint density at radius 2 is 1.55 bits per heavy atom. The predicted octanol–water partition coefficient (Wildman–Crippen LogP) is 5.38. The molecule has 29 heteroatoms. The second-order valence-electron chi connectivity index (χ2n) is 19.8. The van der Waals surface area contributed by atoms with Gasteiger partial charge in [0.1, 0.15) is 36.0 Å². The zero-order valence-corrected chi connectivity index (χ0v) is 48.0. The standard InChI is InChI=1S/C51H58BClN8O16S3/c1-29-55-36(27-78-29)41(56-77-50(5,6)45(65)75-49(2,3)4)38(63)24-35-43(64)59-28-51(46(66)76-52,79-44(35)59)60-22-23-61(48(60)68)58-80(69,70)57-47(67)54-21-9-10-37(62)34-19-20-39(73-25-30-11-15-32(71-7)16-12-30)42(40(34)53)74-26-31-13-17-33(72-8)18-14-31/h11-20,27,35,44,58H,9-10,21-26,28H2,1-8H3,(H2,54,57,67)/b56-41-/t35?,44-,51-/m1/s1. The van der Waals surface area contributed by atoms with Crippen molar-refractivity contribution in [2.45, 2.75) is 95.5 Å². The average molecular weight is 1180 g/mol. The molecule has 3 N–H and O–H groups in total. The SMILES string of the molecule is [B]OC(=O)[C@@]1(N2CCN(NS(=O)(=O)NC(=O)NCCCC(=O)c3ccc(OCc4ccc(OC)cc4)c(OCc4ccc(OC)cc4)c3Cl)C2=O)CN2C(=O)C(CC(=O)/C(=N\OC(C)(C)C(=O)OC(C)(C)C)c3csc(C)n3)[C@H]2S1. The number of esters is 1. The molecule has 3 atom stereocenters. The van der Waals surface area contributed by atoms with Crippen molar-refractivity contribution < 1.29 is 75.2 Å². The van der Waals surface area contributed by atoms with Crippen LogP contribution in [0.5, 0.6) is 23.0 Å². The maximum absolute atomic E-state index is 14.0. The molecule has 4 aromatic rings. The van der Waals surface area contributed by atoms with Gasteiger partial charge in [0.05, 0.1) is 48.6 Å². The number of aromatic nitrogens is 1. The number of nitrogens with zero attached hydrogens (tertiary/aromatic N) is 5. The number of Topliss-reactive ketones (excluding diaryl/α,β-unsaturated/α-hetero) is 2. The fourth-order valence-electron chi connectivity index (χ4n) is 8.27. The molecule has 4 heterocycles. The molecule has 5 amide bonds. The molecule has 7 rings (SSSR count). The number of thioether (sulfide) groups is 1. The number of thiazole rings is 1. The maximum atomic E-state index is 14.0. The molecule has 24 nitrogen and oxygen atoms in total. The van der Waals surface area contributed by atoms with Crippen molar-refractivity contribution in [1.29, 1.82) is 0 Å². The fraction of sp³-hybridized carbons (Fsp3) is 0.431. The van der Waals surface area contributed by atoms with E-state index in [4.69, 9.17) is 48.2 Å². The monoisotopic (exact) mass is 1180 g/mol. The molecule has 2 radical (unpaired) electrons. The Hall–Kier alpha value is -7.14. The topological polar surface area (TPSA) is 289 Å². The van der Waals surface area contributed by atoms with Gasteiger partial charge in [0.15, 0.2) is 28.8 Å². The van der Waals surface area contributed by atoms with E-state index in [1.807, 2.05) is 29.1 Å². The highest BCUT2D eigenvalue weighted by Crippen LogP contribution is 2.53. The molecule has 0 bridgehead atoms. The summed E-state index contributed by atoms with van der Waals surface area (Å²) in [4.78, 5) is 106. The second kappa shape index (κ2) is 25.1. The highest BCUT2D eigenvalue weighted by Gasteiger charge is 2.66. The molecule has 426 valence electrons. The minimum atomic E-state index is -4.81. The molecule has 1 unspecified atom stereocenters. The third kappa shape index (κ3) is 14.2. The predicted molar refractivity (Wildman–Crippen MR) is 292 cm³/mol. The Kier molecular flexibility index (Phi) is 19.0. The fourth-order valence-corrected chi connectivity index (χ4v) is 11.7. The van der Waals surface area contributed by atoms with Gasteiger partial charge in [-0.25, -0.2) is 29.1 Å². The number of oxime groups is 1. The van der Waals surface area contributed by atoms with Crippen LogP contribution in [0.4, 0.5) is 9.59 Å². The van der Waals surface area contributed by atoms with Gasteiger partial charge < -0.3 is 43.4 Å². The minimum absolute atomic E-state index is 0.00578. The van der Waals surface area contributed by atoms with Crippen LogP contribution in [0.2, 0.25) is 5.02 Å². The largest absolute Gasteiger partial charge is 0.541 e. The number of ether oxygens (including phenoxy) is 5. The number of ketones is 2. The number of hydrazine groups is 1. The quantitative estimate of drug-likeness (QED) is 0.0143. The number of halogens is 1. The van der Waals surface area contributed by atoms with E-state index in [1.54, 1.807) is 82.3 Å². The molecule has 0 aliphatic carbocycles. The van der Waals surface area contributed by atoms with E-state index < -0.39 is 92.0 Å². The number of aryl methyl sites for hydroxylation is 1. The number of carbonyl (C=O) groups excluding carboxylic acids is 7. The summed E-state index contributed by atoms with van der Waals surface area (Å²) < 4.78 is 60.9. The zero-order valence-electron chi connectivity index (χ0n) is 44.8. The van der Waals surface area contributed by atoms with E-state index in [0.717, 1.165) is 27.8 Å². The van der Waals surface area contributed by atoms with Crippen LogP contribution in [0.3, 0.4) is 0 Å². The number of rotatable bonds is 25. The zero-order chi connectivity index (χ0) is 58.3. The smallest absolute Gasteiger partial charge is 0.378 e. The van der Waals surface area contributed by atoms with Gasteiger partial charge in [0.25, 0.3) is 0 Å². The van der Waals surface area contributed by atoms with Crippen LogP contribution in [0.15, 0.2) is 71.2 Å². The van der Waals surface area contributed by atoms with E-state index in [-0.39, 0.29) is 79.2 Å². The van der Waals surface area contributed by atoms with Crippen LogP contribution in [-0.2, 0) is 56.8 Å². The lowest BCUT2D eigenvalue weighted by Gasteiger charge is -2.40. The van der Waals surface area contributed by atoms with Gasteiger partial charge in [-0.3, -0.25) is 24.1 Å². The number of hydrogen-bond donors (Lipinski definition) is 3. The van der Waals surface area contributed by atoms with Gasteiger partial charge in [-0.15, -0.1) is 16.2 Å². The van der Waals surface area contributed by atoms with E-state index >= 15 is 0 Å². The number of urea groups is 2. The maximum Gasteiger partial charge on any atom is 0.378 e. The van der Waals surface area contributed by atoms with Crippen molar-refractivity contribution in [3.8, 4) is 23.0 Å². The number of benzene rings is 3. The van der Waals surface area contributed by atoms with Crippen LogP contribution < -0.4 is 33.8 Å². The van der Waals surface area contributed by atoms with Crippen LogP contribution >= 0.6 is 34.7 Å². The molecule has 0 spiro atoms. The van der Waals surface area contributed by atoms with Gasteiger partial charge in [-0.05, 0) is 95.5 Å². The summed E-state index contributed by atoms with van der Waals surface area (Å²) in [7, 11) is 3.67. The second-order valence-corrected chi connectivity index (χ2v) is 24.0. The summed E-state index contributed by atoms with van der Waals surface area (Å²) in [6.45, 7) is 8.52. The molecule has 3 saturated heterocycles. The number of carbonyl (C=O) groups is 7. The minimum Gasteiger partial charge on any atom is -0.541 e. The van der Waals surface area contributed by atoms with Crippen molar-refractivity contribution in [2.75, 3.05) is 40.4 Å². The van der Waals surface area contributed by atoms with Crippen molar-refractivity contribution in [2.24, 2.45) is 11.1 Å². The average Bonchev–Trinajstić information content (AvgIpc) is 4.25. The first-order valence-corrected chi connectivity index (χ1v) is 28.3. The lowest BCUT2D eigenvalue weighted by molar-refractivity contribution is -0.179. The van der Waals surface area contributed by atoms with Gasteiger partial charge in [0.2, 0.25) is 16.4 Å². The lowest BCUT2D eigenvalue weighted by Crippen LogP contribution is -2.60. The molecule has 3 aromatic carbocycles. The number of amides is 5. The normalized spacial score (nSPS) is 18.2. The molecule has 3 aliphatic heterocycles. The van der Waals surface area contributed by atoms with E-state index in [1.165, 1.54) is 36.2 Å². The molecule has 1 aromatic heterocycles. The molecular formula is C51H58BClN8O16S3. The first-order chi connectivity index (χ1) is 37.8. The van der Waals surface area contributed by atoms with Gasteiger partial charge >= 0.3 is 42.3 Å². The highest BCUT2D eigenvalue weighted by molar-refractivity contribution is 8.02.